The van der Waals surface area contributed by atoms with Crippen molar-refractivity contribution in [2.24, 2.45) is 5.92 Å². The van der Waals surface area contributed by atoms with E-state index in [1.807, 2.05) is 0 Å². The highest BCUT2D eigenvalue weighted by Crippen LogP contribution is 2.63. The second-order valence-electron chi connectivity index (χ2n) is 20.5. The predicted octanol–water partition coefficient (Wildman–Crippen LogP) is 18.4. The summed E-state index contributed by atoms with van der Waals surface area (Å²) in [6.07, 6.45) is 7.30. The van der Waals surface area contributed by atoms with Crippen molar-refractivity contribution in [1.29, 1.82) is 0 Å². The van der Waals surface area contributed by atoms with Crippen LogP contribution in [-0.2, 0) is 24.7 Å². The van der Waals surface area contributed by atoms with Crippen molar-refractivity contribution >= 4 is 39.4 Å². The van der Waals surface area contributed by atoms with Crippen LogP contribution in [0.2, 0.25) is 0 Å². The molecule has 0 N–H and O–H groups in total. The average Bonchev–Trinajstić information content (AvgIpc) is 4.06. The number of nitrogens with zero attached hydrogens (tertiary/aromatic N) is 2. The van der Waals surface area contributed by atoms with E-state index in [0.717, 1.165) is 60.5 Å². The number of hydrogen-bond donors (Lipinski definition) is 0. The van der Waals surface area contributed by atoms with Crippen molar-refractivity contribution in [3.8, 4) is 44.5 Å². The molecule has 0 bridgehead atoms. The Labute approximate surface area is 433 Å². The maximum absolute atomic E-state index is 6.54. The maximum Gasteiger partial charge on any atom is 0.134 e. The summed E-state index contributed by atoms with van der Waals surface area (Å²) in [5.41, 5.74) is 25.9. The van der Waals surface area contributed by atoms with Crippen LogP contribution in [0.1, 0.15) is 52.0 Å². The van der Waals surface area contributed by atoms with Crippen LogP contribution in [-0.4, -0.2) is 0 Å². The minimum absolute atomic E-state index is 0.315. The molecule has 0 amide bonds. The summed E-state index contributed by atoms with van der Waals surface area (Å²) in [6, 6.07) is 90.4. The molecule has 4 aliphatic rings. The first-order valence-corrected chi connectivity index (χ1v) is 26.4. The van der Waals surface area contributed by atoms with Gasteiger partial charge in [0, 0.05) is 51.7 Å². The molecule has 0 radical (unpaired) electrons. The molecule has 3 nitrogen and oxygen atoms in total. The number of allylic oxidation sites excluding steroid dienone is 2. The largest absolute Gasteiger partial charge is 0.461 e. The second-order valence-corrected chi connectivity index (χ2v) is 20.5. The molecule has 10 aromatic carbocycles. The number of para-hydroxylation sites is 2. The summed E-state index contributed by atoms with van der Waals surface area (Å²) in [7, 11) is 0. The minimum atomic E-state index is -0.411. The molecule has 74 heavy (non-hydrogen) atoms. The van der Waals surface area contributed by atoms with Crippen molar-refractivity contribution in [1.82, 2.24) is 0 Å². The lowest BCUT2D eigenvalue weighted by Gasteiger charge is -2.34. The molecule has 3 aliphatic carbocycles. The molecular weight excluding hydrogens is 897 g/mol. The molecular formula is C71H52N2O. The lowest BCUT2D eigenvalue weighted by molar-refractivity contribution is 0.507. The Bertz CT molecular complexity index is 3950. The number of benzene rings is 10. The number of anilines is 5. The van der Waals surface area contributed by atoms with Crippen LogP contribution in [0.4, 0.5) is 28.4 Å². The number of rotatable bonds is 6. The Balaban J connectivity index is 0.879. The highest BCUT2D eigenvalue weighted by atomic mass is 16.3. The first-order chi connectivity index (χ1) is 36.7. The van der Waals surface area contributed by atoms with Crippen LogP contribution in [0.15, 0.2) is 259 Å². The molecule has 0 fully saturated rings. The molecule has 352 valence electrons. The normalized spacial score (nSPS) is 16.3. The molecule has 1 spiro atoms. The summed E-state index contributed by atoms with van der Waals surface area (Å²) in [5, 5.41) is 1.26. The molecule has 1 aromatic heterocycles. The molecule has 0 saturated carbocycles. The zero-order chi connectivity index (χ0) is 48.7. The minimum Gasteiger partial charge on any atom is -0.461 e. The Hall–Kier alpha value is -8.92. The van der Waals surface area contributed by atoms with Gasteiger partial charge in [-0.3, -0.25) is 0 Å². The summed E-state index contributed by atoms with van der Waals surface area (Å²) < 4.78 is 6.54. The molecule has 3 heteroatoms. The first kappa shape index (κ1) is 42.7. The van der Waals surface area contributed by atoms with E-state index in [2.05, 4.69) is 259 Å². The quantitative estimate of drug-likeness (QED) is 0.166. The van der Waals surface area contributed by atoms with E-state index >= 15 is 0 Å². The highest BCUT2D eigenvalue weighted by molar-refractivity contribution is 5.96. The zero-order valence-corrected chi connectivity index (χ0v) is 41.1. The van der Waals surface area contributed by atoms with Gasteiger partial charge in [-0.2, -0.15) is 0 Å². The Morgan fingerprint density at radius 2 is 1.03 bits per heavy atom. The Morgan fingerprint density at radius 3 is 1.77 bits per heavy atom. The Kier molecular flexibility index (Phi) is 9.88. The highest BCUT2D eigenvalue weighted by Gasteiger charge is 2.51. The van der Waals surface area contributed by atoms with Gasteiger partial charge < -0.3 is 14.2 Å². The number of fused-ring (bicyclic) bond motifs is 15. The van der Waals surface area contributed by atoms with Crippen LogP contribution in [0.25, 0.3) is 55.5 Å². The van der Waals surface area contributed by atoms with Crippen molar-refractivity contribution in [3.63, 3.8) is 0 Å². The van der Waals surface area contributed by atoms with Crippen LogP contribution in [0.3, 0.4) is 0 Å². The number of hydrogen-bond acceptors (Lipinski definition) is 3. The molecule has 1 atom stereocenters. The lowest BCUT2D eigenvalue weighted by atomic mass is 9.70. The molecule has 11 aromatic rings. The third-order valence-corrected chi connectivity index (χ3v) is 16.6. The average molecular weight is 949 g/mol. The monoisotopic (exact) mass is 948 g/mol. The van der Waals surface area contributed by atoms with E-state index in [1.165, 1.54) is 100 Å². The standard InChI is InChI=1S/C71H52N2O/c1-3-17-47(18-4-1)48-35-39-54(40-36-48)72(56-41-37-49-33-34-52-44-62-61-26-10-14-31-69(61)74-70(62)32-16-30-67(52)73(68(49)46-56)53-20-5-2-6-21-53)55-22-15-19-50(43-55)51-38-42-60-59-25-9-13-29-65(59)71(66(60)45-51)63-27-11-7-23-57(63)58-24-8-12-28-64(58)71/h1-15,17-31,35-43,45-46,52H,16,32-34,44H2/b67-30+. The van der Waals surface area contributed by atoms with Crippen LogP contribution >= 0.6 is 0 Å². The fourth-order valence-electron chi connectivity index (χ4n) is 13.4. The van der Waals surface area contributed by atoms with Crippen molar-refractivity contribution in [2.75, 3.05) is 9.80 Å². The van der Waals surface area contributed by atoms with Gasteiger partial charge in [0.05, 0.1) is 11.1 Å². The van der Waals surface area contributed by atoms with E-state index in [4.69, 9.17) is 4.42 Å². The van der Waals surface area contributed by atoms with Crippen LogP contribution < -0.4 is 9.80 Å². The molecule has 2 heterocycles. The van der Waals surface area contributed by atoms with Gasteiger partial charge in [0.15, 0.2) is 0 Å². The van der Waals surface area contributed by atoms with Gasteiger partial charge in [0.25, 0.3) is 0 Å². The lowest BCUT2D eigenvalue weighted by Crippen LogP contribution is -2.25. The maximum atomic E-state index is 6.54. The van der Waals surface area contributed by atoms with Crippen molar-refractivity contribution in [2.45, 2.75) is 37.5 Å². The second kappa shape index (κ2) is 17.1. The summed E-state index contributed by atoms with van der Waals surface area (Å²) in [6.45, 7) is 0. The smallest absolute Gasteiger partial charge is 0.134 e. The van der Waals surface area contributed by atoms with Gasteiger partial charge in [0.2, 0.25) is 0 Å². The van der Waals surface area contributed by atoms with E-state index in [1.54, 1.807) is 0 Å². The topological polar surface area (TPSA) is 19.6 Å². The molecule has 15 rings (SSSR count). The van der Waals surface area contributed by atoms with Gasteiger partial charge in [0.1, 0.15) is 11.3 Å². The van der Waals surface area contributed by atoms with E-state index in [9.17, 15) is 0 Å². The van der Waals surface area contributed by atoms with Crippen molar-refractivity contribution < 1.29 is 4.42 Å². The van der Waals surface area contributed by atoms with Crippen molar-refractivity contribution in [3.05, 3.63) is 294 Å². The first-order valence-electron chi connectivity index (χ1n) is 26.4. The Morgan fingerprint density at radius 1 is 0.446 bits per heavy atom. The van der Waals surface area contributed by atoms with E-state index < -0.39 is 5.41 Å². The molecule has 1 unspecified atom stereocenters. The van der Waals surface area contributed by atoms with Gasteiger partial charge in [-0.05, 0) is 159 Å². The van der Waals surface area contributed by atoms with E-state index in [-0.39, 0.29) is 0 Å². The molecule has 1 aliphatic heterocycles. The third-order valence-electron chi connectivity index (χ3n) is 16.6. The zero-order valence-electron chi connectivity index (χ0n) is 41.1. The number of aryl methyl sites for hydroxylation is 2. The fourth-order valence-corrected chi connectivity index (χ4v) is 13.4. The number of furan rings is 1. The molecule has 0 saturated heterocycles. The third kappa shape index (κ3) is 6.59. The van der Waals surface area contributed by atoms with Gasteiger partial charge in [-0.1, -0.05) is 188 Å². The van der Waals surface area contributed by atoms with Gasteiger partial charge in [-0.15, -0.1) is 0 Å². The summed E-state index contributed by atoms with van der Waals surface area (Å²) >= 11 is 0. The summed E-state index contributed by atoms with van der Waals surface area (Å²) in [4.78, 5) is 5.06. The SMILES string of the molecule is C1=C2\C(CCc3ccc(N(c4ccc(-c5ccccc5)cc4)c4cccc(-c5ccc6c(c5)C5(c7ccccc7-c7ccccc75)c5ccccc5-6)c4)cc3N2c2ccccc2)Cc2c(oc3ccccc23)CC/1. The van der Waals surface area contributed by atoms with E-state index in [0.29, 0.717) is 5.92 Å². The van der Waals surface area contributed by atoms with Gasteiger partial charge in [-0.25, -0.2) is 0 Å². The van der Waals surface area contributed by atoms with Gasteiger partial charge >= 0.3 is 0 Å². The fraction of sp³-hybridized carbons (Fsp3) is 0.0986. The van der Waals surface area contributed by atoms with Crippen LogP contribution in [0.5, 0.6) is 0 Å². The predicted molar refractivity (Wildman–Crippen MR) is 305 cm³/mol. The summed E-state index contributed by atoms with van der Waals surface area (Å²) in [5.74, 6) is 1.46. The van der Waals surface area contributed by atoms with Crippen LogP contribution in [0, 0.1) is 5.92 Å².